The number of halogens is 6. The number of rotatable bonds is 5. The van der Waals surface area contributed by atoms with Crippen molar-refractivity contribution in [1.29, 1.82) is 0 Å². The van der Waals surface area contributed by atoms with E-state index < -0.39 is 23.6 Å². The van der Waals surface area contributed by atoms with Gasteiger partial charge in [-0.2, -0.15) is 26.3 Å². The average molecular weight is 351 g/mol. The molecule has 1 N–H and O–H groups in total. The highest BCUT2D eigenvalue weighted by Gasteiger charge is 2.34. The highest BCUT2D eigenvalue weighted by Crippen LogP contribution is 2.35. The number of para-hydroxylation sites is 1. The van der Waals surface area contributed by atoms with Gasteiger partial charge in [-0.3, -0.25) is 0 Å². The summed E-state index contributed by atoms with van der Waals surface area (Å²) >= 11 is 0. The van der Waals surface area contributed by atoms with Crippen LogP contribution in [0.4, 0.5) is 32.3 Å². The molecule has 0 spiro atoms. The number of hydrogen-bond acceptors (Lipinski definition) is 4. The van der Waals surface area contributed by atoms with Crippen LogP contribution in [0.25, 0.3) is 0 Å². The van der Waals surface area contributed by atoms with E-state index in [1.54, 1.807) is 0 Å². The summed E-state index contributed by atoms with van der Waals surface area (Å²) in [6, 6.07) is 5.35. The third-order valence-electron chi connectivity index (χ3n) is 2.78. The molecule has 4 nitrogen and oxygen atoms in total. The molecule has 130 valence electrons. The van der Waals surface area contributed by atoms with Gasteiger partial charge in [0.2, 0.25) is 5.95 Å². The Balaban J connectivity index is 1.93. The van der Waals surface area contributed by atoms with Gasteiger partial charge < -0.3 is 10.1 Å². The predicted molar refractivity (Wildman–Crippen MR) is 72.5 cm³/mol. The largest absolute Gasteiger partial charge is 0.491 e. The molecule has 0 saturated heterocycles. The van der Waals surface area contributed by atoms with E-state index in [4.69, 9.17) is 4.74 Å². The summed E-state index contributed by atoms with van der Waals surface area (Å²) in [7, 11) is 0. The van der Waals surface area contributed by atoms with E-state index in [-0.39, 0.29) is 24.8 Å². The minimum absolute atomic E-state index is 0.0759. The molecule has 0 aliphatic heterocycles. The van der Waals surface area contributed by atoms with Crippen LogP contribution in [0.5, 0.6) is 5.75 Å². The molecule has 24 heavy (non-hydrogen) atoms. The number of anilines is 1. The van der Waals surface area contributed by atoms with Crippen LogP contribution in [0, 0.1) is 0 Å². The van der Waals surface area contributed by atoms with Crippen molar-refractivity contribution in [3.63, 3.8) is 0 Å². The zero-order valence-corrected chi connectivity index (χ0v) is 11.9. The fourth-order valence-corrected chi connectivity index (χ4v) is 1.75. The highest BCUT2D eigenvalue weighted by atomic mass is 19.4. The molecule has 0 fully saturated rings. The first kappa shape index (κ1) is 17.8. The molecule has 2 rings (SSSR count). The number of hydrogen-bond donors (Lipinski definition) is 1. The predicted octanol–water partition coefficient (Wildman–Crippen LogP) is 4.01. The van der Waals surface area contributed by atoms with Crippen molar-refractivity contribution < 1.29 is 31.1 Å². The first-order valence-corrected chi connectivity index (χ1v) is 6.61. The summed E-state index contributed by atoms with van der Waals surface area (Å²) < 4.78 is 80.7. The van der Waals surface area contributed by atoms with Crippen molar-refractivity contribution in [2.75, 3.05) is 18.5 Å². The summed E-state index contributed by atoms with van der Waals surface area (Å²) in [4.78, 5) is 6.86. The van der Waals surface area contributed by atoms with Gasteiger partial charge in [-0.05, 0) is 18.2 Å². The van der Waals surface area contributed by atoms with E-state index in [9.17, 15) is 26.3 Å². The zero-order valence-electron chi connectivity index (χ0n) is 11.9. The lowest BCUT2D eigenvalue weighted by atomic mass is 10.2. The fourth-order valence-electron chi connectivity index (χ4n) is 1.75. The second kappa shape index (κ2) is 6.93. The van der Waals surface area contributed by atoms with Crippen LogP contribution >= 0.6 is 0 Å². The zero-order chi connectivity index (χ0) is 17.8. The van der Waals surface area contributed by atoms with Gasteiger partial charge in [0.05, 0.1) is 12.1 Å². The van der Waals surface area contributed by atoms with Crippen molar-refractivity contribution in [3.8, 4) is 5.75 Å². The number of nitrogens with one attached hydrogen (secondary N) is 1. The Kier molecular flexibility index (Phi) is 5.15. The molecule has 0 aliphatic carbocycles. The molecule has 2 aromatic rings. The second-order valence-electron chi connectivity index (χ2n) is 4.53. The molecule has 0 amide bonds. The summed E-state index contributed by atoms with van der Waals surface area (Å²) in [5, 5.41) is 2.46. The van der Waals surface area contributed by atoms with Gasteiger partial charge in [0, 0.05) is 6.20 Å². The molecule has 1 heterocycles. The first-order valence-electron chi connectivity index (χ1n) is 6.61. The van der Waals surface area contributed by atoms with E-state index >= 15 is 0 Å². The lowest BCUT2D eigenvalue weighted by Crippen LogP contribution is -2.17. The van der Waals surface area contributed by atoms with Gasteiger partial charge in [0.15, 0.2) is 0 Å². The topological polar surface area (TPSA) is 47.0 Å². The quantitative estimate of drug-likeness (QED) is 0.653. The molecule has 0 unspecified atom stereocenters. The maximum Gasteiger partial charge on any atom is 0.433 e. The summed E-state index contributed by atoms with van der Waals surface area (Å²) in [6.07, 6.45) is -8.24. The van der Waals surface area contributed by atoms with Crippen LogP contribution in [0.1, 0.15) is 11.3 Å². The first-order chi connectivity index (χ1) is 11.2. The third-order valence-corrected chi connectivity index (χ3v) is 2.78. The Bertz CT molecular complexity index is 687. The normalized spacial score (nSPS) is 12.1. The Labute approximate surface area is 132 Å². The Hall–Kier alpha value is -2.52. The minimum Gasteiger partial charge on any atom is -0.491 e. The van der Waals surface area contributed by atoms with Gasteiger partial charge in [-0.1, -0.05) is 12.1 Å². The molecular formula is C14H11F6N3O. The van der Waals surface area contributed by atoms with Crippen molar-refractivity contribution in [2.24, 2.45) is 0 Å². The molecule has 1 aromatic heterocycles. The monoisotopic (exact) mass is 351 g/mol. The standard InChI is InChI=1S/C14H11F6N3O/c15-13(16,17)9-3-1-2-4-10(9)24-8-7-22-12-21-6-5-11(23-12)14(18,19)20/h1-6H,7-8H2,(H,21,22,23). The van der Waals surface area contributed by atoms with E-state index in [0.29, 0.717) is 6.07 Å². The van der Waals surface area contributed by atoms with Crippen LogP contribution in [0.15, 0.2) is 36.5 Å². The van der Waals surface area contributed by atoms with Crippen molar-refractivity contribution in [3.05, 3.63) is 47.8 Å². The lowest BCUT2D eigenvalue weighted by molar-refractivity contribution is -0.141. The Morgan fingerprint density at radius 3 is 2.33 bits per heavy atom. The van der Waals surface area contributed by atoms with Crippen molar-refractivity contribution in [1.82, 2.24) is 9.97 Å². The van der Waals surface area contributed by atoms with E-state index in [2.05, 4.69) is 15.3 Å². The number of aromatic nitrogens is 2. The van der Waals surface area contributed by atoms with Gasteiger partial charge in [-0.15, -0.1) is 0 Å². The summed E-state index contributed by atoms with van der Waals surface area (Å²) in [5.41, 5.74) is -2.05. The van der Waals surface area contributed by atoms with Crippen LogP contribution < -0.4 is 10.1 Å². The van der Waals surface area contributed by atoms with Gasteiger partial charge in [0.25, 0.3) is 0 Å². The van der Waals surface area contributed by atoms with Gasteiger partial charge >= 0.3 is 12.4 Å². The Morgan fingerprint density at radius 2 is 1.67 bits per heavy atom. The third kappa shape index (κ3) is 4.74. The van der Waals surface area contributed by atoms with Crippen LogP contribution in [-0.2, 0) is 12.4 Å². The molecule has 0 bridgehead atoms. The van der Waals surface area contributed by atoms with Crippen LogP contribution in [0.2, 0.25) is 0 Å². The van der Waals surface area contributed by atoms with Gasteiger partial charge in [0.1, 0.15) is 18.1 Å². The van der Waals surface area contributed by atoms with Crippen molar-refractivity contribution in [2.45, 2.75) is 12.4 Å². The lowest BCUT2D eigenvalue weighted by Gasteiger charge is -2.14. The summed E-state index contributed by atoms with van der Waals surface area (Å²) in [5.74, 6) is -0.658. The molecule has 10 heteroatoms. The van der Waals surface area contributed by atoms with Crippen LogP contribution in [-0.4, -0.2) is 23.1 Å². The molecular weight excluding hydrogens is 340 g/mol. The molecule has 0 radical (unpaired) electrons. The fraction of sp³-hybridized carbons (Fsp3) is 0.286. The smallest absolute Gasteiger partial charge is 0.433 e. The molecule has 1 aromatic carbocycles. The molecule has 0 atom stereocenters. The number of benzene rings is 1. The maximum atomic E-state index is 12.8. The number of nitrogens with zero attached hydrogens (tertiary/aromatic N) is 2. The number of ether oxygens (including phenoxy) is 1. The minimum atomic E-state index is -4.61. The van der Waals surface area contributed by atoms with Crippen LogP contribution in [0.3, 0.4) is 0 Å². The molecule has 0 saturated carbocycles. The van der Waals surface area contributed by atoms with E-state index in [1.165, 1.54) is 12.1 Å². The Morgan fingerprint density at radius 1 is 0.958 bits per heavy atom. The SMILES string of the molecule is FC(F)(F)c1ccnc(NCCOc2ccccc2C(F)(F)F)n1. The number of alkyl halides is 6. The van der Waals surface area contributed by atoms with E-state index in [0.717, 1.165) is 18.3 Å². The summed E-state index contributed by atoms with van der Waals surface area (Å²) in [6.45, 7) is -0.291. The van der Waals surface area contributed by atoms with Gasteiger partial charge in [-0.25, -0.2) is 9.97 Å². The maximum absolute atomic E-state index is 12.8. The average Bonchev–Trinajstić information content (AvgIpc) is 2.50. The highest BCUT2D eigenvalue weighted by molar-refractivity contribution is 5.35. The molecule has 0 aliphatic rings. The second-order valence-corrected chi connectivity index (χ2v) is 4.53. The van der Waals surface area contributed by atoms with E-state index in [1.807, 2.05) is 0 Å². The van der Waals surface area contributed by atoms with Crippen molar-refractivity contribution >= 4 is 5.95 Å².